The van der Waals surface area contributed by atoms with E-state index < -0.39 is 6.10 Å². The lowest BCUT2D eigenvalue weighted by Crippen LogP contribution is -2.34. The molecule has 1 aromatic rings. The fraction of sp³-hybridized carbons (Fsp3) is 0.417. The van der Waals surface area contributed by atoms with E-state index in [4.69, 9.17) is 5.11 Å². The van der Waals surface area contributed by atoms with E-state index in [1.54, 1.807) is 6.92 Å². The zero-order valence-corrected chi connectivity index (χ0v) is 9.87. The van der Waals surface area contributed by atoms with Crippen LogP contribution in [0.3, 0.4) is 0 Å². The third kappa shape index (κ3) is 3.90. The fourth-order valence-electron chi connectivity index (χ4n) is 1.36. The van der Waals surface area contributed by atoms with Crippen molar-refractivity contribution in [1.29, 1.82) is 0 Å². The molecule has 16 heavy (non-hydrogen) atoms. The maximum Gasteiger partial charge on any atom is 0.319 e. The van der Waals surface area contributed by atoms with Gasteiger partial charge in [-0.3, -0.25) is 0 Å². The average Bonchev–Trinajstić information content (AvgIpc) is 2.19. The summed E-state index contributed by atoms with van der Waals surface area (Å²) in [5, 5.41) is 14.3. The molecule has 2 amide bonds. The van der Waals surface area contributed by atoms with Gasteiger partial charge in [0.1, 0.15) is 0 Å². The van der Waals surface area contributed by atoms with Gasteiger partial charge in [-0.1, -0.05) is 17.7 Å². The van der Waals surface area contributed by atoms with Crippen LogP contribution in [0.25, 0.3) is 0 Å². The molecule has 0 saturated heterocycles. The monoisotopic (exact) mass is 222 g/mol. The zero-order chi connectivity index (χ0) is 12.1. The molecule has 0 aliphatic rings. The highest BCUT2D eigenvalue weighted by molar-refractivity contribution is 5.90. The second kappa shape index (κ2) is 5.51. The highest BCUT2D eigenvalue weighted by Crippen LogP contribution is 2.15. The SMILES string of the molecule is Cc1ccc(NC(=O)NCC(C)O)c(C)c1. The van der Waals surface area contributed by atoms with Crippen molar-refractivity contribution in [2.45, 2.75) is 26.9 Å². The highest BCUT2D eigenvalue weighted by atomic mass is 16.3. The van der Waals surface area contributed by atoms with Gasteiger partial charge in [0.2, 0.25) is 0 Å². The Hall–Kier alpha value is -1.55. The van der Waals surface area contributed by atoms with Gasteiger partial charge in [0.25, 0.3) is 0 Å². The summed E-state index contributed by atoms with van der Waals surface area (Å²) in [5.41, 5.74) is 2.97. The molecule has 0 heterocycles. The van der Waals surface area contributed by atoms with Crippen LogP contribution in [0, 0.1) is 13.8 Å². The average molecular weight is 222 g/mol. The van der Waals surface area contributed by atoms with Crippen LogP contribution in [0.5, 0.6) is 0 Å². The quantitative estimate of drug-likeness (QED) is 0.730. The first-order chi connectivity index (χ1) is 7.49. The van der Waals surface area contributed by atoms with Crippen molar-refractivity contribution < 1.29 is 9.90 Å². The fourth-order valence-corrected chi connectivity index (χ4v) is 1.36. The summed E-state index contributed by atoms with van der Waals surface area (Å²) in [6.07, 6.45) is -0.537. The van der Waals surface area contributed by atoms with Gasteiger partial charge in [0, 0.05) is 12.2 Å². The van der Waals surface area contributed by atoms with E-state index in [1.165, 1.54) is 0 Å². The summed E-state index contributed by atoms with van der Waals surface area (Å²) in [7, 11) is 0. The Balaban J connectivity index is 2.56. The summed E-state index contributed by atoms with van der Waals surface area (Å²) < 4.78 is 0. The number of aliphatic hydroxyl groups excluding tert-OH is 1. The van der Waals surface area contributed by atoms with Crippen molar-refractivity contribution >= 4 is 11.7 Å². The molecular formula is C12H18N2O2. The molecular weight excluding hydrogens is 204 g/mol. The predicted octanol–water partition coefficient (Wildman–Crippen LogP) is 1.81. The largest absolute Gasteiger partial charge is 0.392 e. The van der Waals surface area contributed by atoms with Gasteiger partial charge in [0.05, 0.1) is 6.10 Å². The van der Waals surface area contributed by atoms with Crippen LogP contribution >= 0.6 is 0 Å². The standard InChI is InChI=1S/C12H18N2O2/c1-8-4-5-11(9(2)6-8)14-12(16)13-7-10(3)15/h4-6,10,15H,7H2,1-3H3,(H2,13,14,16). The first-order valence-corrected chi connectivity index (χ1v) is 5.29. The van der Waals surface area contributed by atoms with Gasteiger partial charge in [-0.05, 0) is 32.4 Å². The van der Waals surface area contributed by atoms with Crippen molar-refractivity contribution in [3.8, 4) is 0 Å². The second-order valence-corrected chi connectivity index (χ2v) is 4.00. The van der Waals surface area contributed by atoms with E-state index in [-0.39, 0.29) is 12.6 Å². The van der Waals surface area contributed by atoms with E-state index in [0.29, 0.717) is 0 Å². The molecule has 0 bridgehead atoms. The molecule has 0 aliphatic carbocycles. The van der Waals surface area contributed by atoms with Crippen molar-refractivity contribution in [3.63, 3.8) is 0 Å². The molecule has 1 unspecified atom stereocenters. The number of carbonyl (C=O) groups excluding carboxylic acids is 1. The van der Waals surface area contributed by atoms with Crippen LogP contribution in [0.15, 0.2) is 18.2 Å². The predicted molar refractivity (Wildman–Crippen MR) is 64.6 cm³/mol. The normalized spacial score (nSPS) is 12.0. The van der Waals surface area contributed by atoms with Crippen LogP contribution in [0.1, 0.15) is 18.1 Å². The van der Waals surface area contributed by atoms with Gasteiger partial charge in [-0.25, -0.2) is 4.79 Å². The second-order valence-electron chi connectivity index (χ2n) is 4.00. The molecule has 88 valence electrons. The number of rotatable bonds is 3. The number of hydrogen-bond donors (Lipinski definition) is 3. The summed E-state index contributed by atoms with van der Waals surface area (Å²) in [5.74, 6) is 0. The lowest BCUT2D eigenvalue weighted by Gasteiger charge is -2.11. The summed E-state index contributed by atoms with van der Waals surface area (Å²) >= 11 is 0. The third-order valence-electron chi connectivity index (χ3n) is 2.19. The van der Waals surface area contributed by atoms with Crippen molar-refractivity contribution in [2.75, 3.05) is 11.9 Å². The summed E-state index contributed by atoms with van der Waals surface area (Å²) in [4.78, 5) is 11.4. The van der Waals surface area contributed by atoms with E-state index in [2.05, 4.69) is 10.6 Å². The van der Waals surface area contributed by atoms with Gasteiger partial charge >= 0.3 is 6.03 Å². The number of nitrogens with one attached hydrogen (secondary N) is 2. The smallest absolute Gasteiger partial charge is 0.319 e. The molecule has 3 N–H and O–H groups in total. The Labute approximate surface area is 95.7 Å². The Kier molecular flexibility index (Phi) is 4.31. The number of aliphatic hydroxyl groups is 1. The van der Waals surface area contributed by atoms with E-state index in [9.17, 15) is 4.79 Å². The number of carbonyl (C=O) groups is 1. The highest BCUT2D eigenvalue weighted by Gasteiger charge is 2.04. The van der Waals surface area contributed by atoms with E-state index >= 15 is 0 Å². The van der Waals surface area contributed by atoms with E-state index in [0.717, 1.165) is 16.8 Å². The maximum absolute atomic E-state index is 11.4. The first kappa shape index (κ1) is 12.5. The lowest BCUT2D eigenvalue weighted by atomic mass is 10.1. The third-order valence-corrected chi connectivity index (χ3v) is 2.19. The minimum Gasteiger partial charge on any atom is -0.392 e. The number of hydrogen-bond acceptors (Lipinski definition) is 2. The molecule has 0 saturated carbocycles. The van der Waals surface area contributed by atoms with Crippen molar-refractivity contribution in [1.82, 2.24) is 5.32 Å². The number of aryl methyl sites for hydroxylation is 2. The zero-order valence-electron chi connectivity index (χ0n) is 9.87. The molecule has 4 nitrogen and oxygen atoms in total. The van der Waals surface area contributed by atoms with Crippen LogP contribution in [0.2, 0.25) is 0 Å². The van der Waals surface area contributed by atoms with Crippen LogP contribution in [-0.4, -0.2) is 23.8 Å². The van der Waals surface area contributed by atoms with Gasteiger partial charge in [-0.2, -0.15) is 0 Å². The maximum atomic E-state index is 11.4. The van der Waals surface area contributed by atoms with Crippen LogP contribution < -0.4 is 10.6 Å². The lowest BCUT2D eigenvalue weighted by molar-refractivity contribution is 0.190. The number of anilines is 1. The molecule has 0 aliphatic heterocycles. The summed E-state index contributed by atoms with van der Waals surface area (Å²) in [6.45, 7) is 5.82. The molecule has 1 rings (SSSR count). The summed E-state index contributed by atoms with van der Waals surface area (Å²) in [6, 6.07) is 5.52. The van der Waals surface area contributed by atoms with Gasteiger partial charge < -0.3 is 15.7 Å². The molecule has 0 spiro atoms. The topological polar surface area (TPSA) is 61.4 Å². The molecule has 0 fully saturated rings. The Morgan fingerprint density at radius 3 is 2.69 bits per heavy atom. The Bertz CT molecular complexity index is 375. The minimum absolute atomic E-state index is 0.247. The van der Waals surface area contributed by atoms with Crippen molar-refractivity contribution in [3.05, 3.63) is 29.3 Å². The molecule has 1 aromatic carbocycles. The molecule has 1 atom stereocenters. The van der Waals surface area contributed by atoms with Crippen molar-refractivity contribution in [2.24, 2.45) is 0 Å². The molecule has 0 radical (unpaired) electrons. The van der Waals surface area contributed by atoms with Crippen LogP contribution in [0.4, 0.5) is 10.5 Å². The Morgan fingerprint density at radius 1 is 1.44 bits per heavy atom. The minimum atomic E-state index is -0.537. The van der Waals surface area contributed by atoms with E-state index in [1.807, 2.05) is 32.0 Å². The Morgan fingerprint density at radius 2 is 2.12 bits per heavy atom. The first-order valence-electron chi connectivity index (χ1n) is 5.29. The van der Waals surface area contributed by atoms with Gasteiger partial charge in [-0.15, -0.1) is 0 Å². The molecule has 0 aromatic heterocycles. The number of urea groups is 1. The molecule has 4 heteroatoms. The number of benzene rings is 1. The number of amides is 2. The van der Waals surface area contributed by atoms with Gasteiger partial charge in [0.15, 0.2) is 0 Å². The van der Waals surface area contributed by atoms with Crippen LogP contribution in [-0.2, 0) is 0 Å².